The summed E-state index contributed by atoms with van der Waals surface area (Å²) >= 11 is 0.923. The van der Waals surface area contributed by atoms with Gasteiger partial charge in [0.05, 0.1) is 11.4 Å². The van der Waals surface area contributed by atoms with Gasteiger partial charge in [0.1, 0.15) is 5.69 Å². The number of carbonyl (C=O) groups excluding carboxylic acids is 1. The normalized spacial score (nSPS) is 15.8. The van der Waals surface area contributed by atoms with Crippen LogP contribution in [0.3, 0.4) is 0 Å². The number of piperazine rings is 1. The monoisotopic (exact) mass is 516 g/mol. The van der Waals surface area contributed by atoms with Crippen LogP contribution in [0.5, 0.6) is 11.5 Å². The van der Waals surface area contributed by atoms with E-state index in [1.165, 1.54) is 0 Å². The molecule has 2 aliphatic heterocycles. The number of aromatic nitrogens is 2. The fourth-order valence-corrected chi connectivity index (χ4v) is 4.82. The number of thioether (sulfide) groups is 1. The molecule has 1 fully saturated rings. The summed E-state index contributed by atoms with van der Waals surface area (Å²) in [6, 6.07) is 15.4. The van der Waals surface area contributed by atoms with Crippen LogP contribution in [0.1, 0.15) is 11.3 Å². The van der Waals surface area contributed by atoms with Crippen LogP contribution in [-0.2, 0) is 17.5 Å². The summed E-state index contributed by atoms with van der Waals surface area (Å²) < 4.78 is 51.0. The fourth-order valence-electron chi connectivity index (χ4n) is 4.06. The molecule has 0 N–H and O–H groups in total. The Labute approximate surface area is 210 Å². The maximum Gasteiger partial charge on any atom is 0.433 e. The van der Waals surface area contributed by atoms with Crippen LogP contribution in [0, 0.1) is 0 Å². The van der Waals surface area contributed by atoms with Crippen molar-refractivity contribution in [2.75, 3.05) is 38.7 Å². The van der Waals surface area contributed by atoms with Crippen molar-refractivity contribution in [3.63, 3.8) is 0 Å². The second kappa shape index (κ2) is 10.4. The van der Waals surface area contributed by atoms with Crippen molar-refractivity contribution in [2.24, 2.45) is 0 Å². The Morgan fingerprint density at radius 2 is 1.69 bits per heavy atom. The summed E-state index contributed by atoms with van der Waals surface area (Å²) in [5.74, 6) is 1.31. The van der Waals surface area contributed by atoms with Gasteiger partial charge in [-0.15, -0.1) is 0 Å². The molecule has 1 aromatic heterocycles. The highest BCUT2D eigenvalue weighted by Gasteiger charge is 2.34. The van der Waals surface area contributed by atoms with Crippen LogP contribution >= 0.6 is 11.8 Å². The fraction of sp³-hybridized carbons (Fsp3) is 0.320. The zero-order valence-electron chi connectivity index (χ0n) is 19.2. The number of hydrogen-bond acceptors (Lipinski definition) is 7. The summed E-state index contributed by atoms with van der Waals surface area (Å²) in [4.78, 5) is 24.7. The first kappa shape index (κ1) is 24.4. The second-order valence-electron chi connectivity index (χ2n) is 8.42. The average molecular weight is 517 g/mol. The van der Waals surface area contributed by atoms with Gasteiger partial charge in [-0.05, 0) is 23.8 Å². The number of nitrogens with zero attached hydrogens (tertiary/aromatic N) is 4. The Balaban J connectivity index is 1.17. The Bertz CT molecular complexity index is 1230. The molecule has 0 spiro atoms. The molecule has 0 unspecified atom stereocenters. The van der Waals surface area contributed by atoms with Crippen LogP contribution < -0.4 is 9.47 Å². The molecule has 0 saturated carbocycles. The molecule has 5 rings (SSSR count). The molecule has 36 heavy (non-hydrogen) atoms. The van der Waals surface area contributed by atoms with E-state index in [4.69, 9.17) is 9.47 Å². The van der Waals surface area contributed by atoms with Gasteiger partial charge in [-0.25, -0.2) is 9.97 Å². The van der Waals surface area contributed by atoms with Gasteiger partial charge in [0, 0.05) is 38.3 Å². The lowest BCUT2D eigenvalue weighted by molar-refractivity contribution is -0.141. The van der Waals surface area contributed by atoms with Crippen LogP contribution in [0.2, 0.25) is 0 Å². The Kier molecular flexibility index (Phi) is 7.01. The molecule has 1 saturated heterocycles. The molecule has 0 radical (unpaired) electrons. The number of carbonyl (C=O) groups is 1. The predicted octanol–water partition coefficient (Wildman–Crippen LogP) is 4.33. The zero-order valence-corrected chi connectivity index (χ0v) is 20.0. The lowest BCUT2D eigenvalue weighted by Crippen LogP contribution is -2.48. The van der Waals surface area contributed by atoms with E-state index in [0.29, 0.717) is 31.7 Å². The van der Waals surface area contributed by atoms with E-state index in [0.717, 1.165) is 41.4 Å². The molecule has 3 heterocycles. The first-order valence-electron chi connectivity index (χ1n) is 11.4. The van der Waals surface area contributed by atoms with Gasteiger partial charge in [-0.2, -0.15) is 13.2 Å². The lowest BCUT2D eigenvalue weighted by atomic mass is 10.1. The molecule has 7 nitrogen and oxygen atoms in total. The Morgan fingerprint density at radius 3 is 2.44 bits per heavy atom. The van der Waals surface area contributed by atoms with E-state index in [1.807, 2.05) is 18.2 Å². The van der Waals surface area contributed by atoms with Crippen LogP contribution in [0.4, 0.5) is 13.2 Å². The van der Waals surface area contributed by atoms with E-state index in [-0.39, 0.29) is 29.3 Å². The third kappa shape index (κ3) is 5.73. The molecule has 11 heteroatoms. The average Bonchev–Trinajstić information content (AvgIpc) is 3.35. The van der Waals surface area contributed by atoms with Gasteiger partial charge in [-0.1, -0.05) is 48.2 Å². The number of halogens is 3. The standard InChI is InChI=1S/C25H23F3N4O3S/c26-25(27,28)22-13-19(18-4-2-1-3-5-18)29-24(30-22)36-15-23(33)32-10-8-31(9-11-32)14-17-6-7-20-21(12-17)35-16-34-20/h1-7,12-13H,8-11,14-16H2. The molecular formula is C25H23F3N4O3S. The summed E-state index contributed by atoms with van der Waals surface area (Å²) in [5.41, 5.74) is 0.802. The van der Waals surface area contributed by atoms with Crippen LogP contribution in [0.15, 0.2) is 59.8 Å². The van der Waals surface area contributed by atoms with Crippen molar-refractivity contribution in [2.45, 2.75) is 17.9 Å². The minimum atomic E-state index is -4.61. The van der Waals surface area contributed by atoms with Crippen LogP contribution in [-0.4, -0.2) is 64.4 Å². The Morgan fingerprint density at radius 1 is 0.944 bits per heavy atom. The van der Waals surface area contributed by atoms with Crippen molar-refractivity contribution in [1.29, 1.82) is 0 Å². The third-order valence-corrected chi connectivity index (χ3v) is 6.79. The lowest BCUT2D eigenvalue weighted by Gasteiger charge is -2.34. The van der Waals surface area contributed by atoms with Gasteiger partial charge in [0.15, 0.2) is 16.7 Å². The van der Waals surface area contributed by atoms with Crippen molar-refractivity contribution >= 4 is 17.7 Å². The Hall–Kier alpha value is -3.31. The SMILES string of the molecule is O=C(CSc1nc(-c2ccccc2)cc(C(F)(F)F)n1)N1CCN(Cc2ccc3c(c2)OCO3)CC1. The van der Waals surface area contributed by atoms with E-state index in [1.54, 1.807) is 35.2 Å². The molecule has 2 aliphatic rings. The van der Waals surface area contributed by atoms with Gasteiger partial charge >= 0.3 is 6.18 Å². The predicted molar refractivity (Wildman–Crippen MR) is 128 cm³/mol. The first-order valence-corrected chi connectivity index (χ1v) is 12.4. The van der Waals surface area contributed by atoms with Crippen molar-refractivity contribution < 1.29 is 27.4 Å². The van der Waals surface area contributed by atoms with Crippen LogP contribution in [0.25, 0.3) is 11.3 Å². The summed E-state index contributed by atoms with van der Waals surface area (Å²) in [6.45, 7) is 3.45. The number of benzene rings is 2. The topological polar surface area (TPSA) is 67.8 Å². The minimum Gasteiger partial charge on any atom is -0.454 e. The molecule has 2 aromatic carbocycles. The zero-order chi connectivity index (χ0) is 25.1. The van der Waals surface area contributed by atoms with Gasteiger partial charge < -0.3 is 14.4 Å². The molecule has 0 aliphatic carbocycles. The molecule has 0 atom stereocenters. The molecule has 3 aromatic rings. The van der Waals surface area contributed by atoms with Crippen molar-refractivity contribution in [1.82, 2.24) is 19.8 Å². The summed E-state index contributed by atoms with van der Waals surface area (Å²) in [5, 5.41) is -0.0709. The van der Waals surface area contributed by atoms with Crippen molar-refractivity contribution in [3.05, 3.63) is 65.9 Å². The number of hydrogen-bond donors (Lipinski definition) is 0. The quantitative estimate of drug-likeness (QED) is 0.357. The van der Waals surface area contributed by atoms with E-state index in [9.17, 15) is 18.0 Å². The highest BCUT2D eigenvalue weighted by Crippen LogP contribution is 2.33. The number of rotatable bonds is 6. The summed E-state index contributed by atoms with van der Waals surface area (Å²) in [6.07, 6.45) is -4.61. The highest BCUT2D eigenvalue weighted by molar-refractivity contribution is 7.99. The minimum absolute atomic E-state index is 0.0301. The van der Waals surface area contributed by atoms with Gasteiger partial charge in [0.2, 0.25) is 12.7 Å². The number of alkyl halides is 3. The first-order chi connectivity index (χ1) is 17.3. The number of amides is 1. The molecule has 1 amide bonds. The number of ether oxygens (including phenoxy) is 2. The molecule has 0 bridgehead atoms. The largest absolute Gasteiger partial charge is 0.454 e. The van der Waals surface area contributed by atoms with E-state index >= 15 is 0 Å². The summed E-state index contributed by atoms with van der Waals surface area (Å²) in [7, 11) is 0. The van der Waals surface area contributed by atoms with Gasteiger partial charge in [-0.3, -0.25) is 9.69 Å². The van der Waals surface area contributed by atoms with E-state index in [2.05, 4.69) is 14.9 Å². The van der Waals surface area contributed by atoms with E-state index < -0.39 is 11.9 Å². The molecular weight excluding hydrogens is 493 g/mol. The second-order valence-corrected chi connectivity index (χ2v) is 9.36. The maximum atomic E-state index is 13.4. The van der Waals surface area contributed by atoms with Crippen molar-refractivity contribution in [3.8, 4) is 22.8 Å². The van der Waals surface area contributed by atoms with Gasteiger partial charge in [0.25, 0.3) is 0 Å². The maximum absolute atomic E-state index is 13.4. The number of fused-ring (bicyclic) bond motifs is 1. The third-order valence-electron chi connectivity index (χ3n) is 5.96. The highest BCUT2D eigenvalue weighted by atomic mass is 32.2. The molecule has 188 valence electrons. The smallest absolute Gasteiger partial charge is 0.433 e.